The average molecular weight is 282 g/mol. The number of ether oxygens (including phenoxy) is 1. The van der Waals surface area contributed by atoms with Gasteiger partial charge in [0.05, 0.1) is 13.2 Å². The molecule has 1 aliphatic rings. The smallest absolute Gasteiger partial charge is 0.265 e. The number of likely N-dealkylation sites (tertiary alicyclic amines) is 1. The Bertz CT molecular complexity index is 413. The number of methoxy groups -OCH3 is 1. The van der Waals surface area contributed by atoms with Crippen LogP contribution in [0, 0.1) is 0 Å². The quantitative estimate of drug-likeness (QED) is 0.761. The van der Waals surface area contributed by atoms with E-state index in [1.54, 1.807) is 7.11 Å². The minimum atomic E-state index is 0.135. The summed E-state index contributed by atoms with van der Waals surface area (Å²) in [6, 6.07) is 0. The molecule has 2 heterocycles. The maximum atomic E-state index is 5.48. The van der Waals surface area contributed by atoms with Crippen LogP contribution >= 0.6 is 0 Å². The maximum absolute atomic E-state index is 5.48. The summed E-state index contributed by atoms with van der Waals surface area (Å²) >= 11 is 0. The van der Waals surface area contributed by atoms with Crippen LogP contribution in [0.25, 0.3) is 0 Å². The van der Waals surface area contributed by atoms with Crippen molar-refractivity contribution in [3.8, 4) is 0 Å². The Morgan fingerprint density at radius 3 is 2.85 bits per heavy atom. The Morgan fingerprint density at radius 1 is 1.45 bits per heavy atom. The highest BCUT2D eigenvalue weighted by Gasteiger charge is 2.40. The SMILES string of the molecule is CCCC1(COC)CCCN1Cc1nc(N(C)C)no1. The van der Waals surface area contributed by atoms with Gasteiger partial charge in [-0.25, -0.2) is 0 Å². The first kappa shape index (κ1) is 15.3. The lowest BCUT2D eigenvalue weighted by atomic mass is 9.91. The van der Waals surface area contributed by atoms with Crippen LogP contribution in [0.4, 0.5) is 5.95 Å². The van der Waals surface area contributed by atoms with E-state index in [1.807, 2.05) is 19.0 Å². The topological polar surface area (TPSA) is 54.6 Å². The second-order valence-electron chi connectivity index (χ2n) is 5.82. The molecule has 1 fully saturated rings. The zero-order chi connectivity index (χ0) is 14.6. The average Bonchev–Trinajstić information content (AvgIpc) is 3.00. The molecule has 0 amide bonds. The third kappa shape index (κ3) is 3.12. The summed E-state index contributed by atoms with van der Waals surface area (Å²) in [5.74, 6) is 1.32. The molecule has 0 N–H and O–H groups in total. The fraction of sp³-hybridized carbons (Fsp3) is 0.857. The van der Waals surface area contributed by atoms with Gasteiger partial charge in [-0.15, -0.1) is 0 Å². The van der Waals surface area contributed by atoms with Crippen LogP contribution < -0.4 is 4.90 Å². The molecule has 0 bridgehead atoms. The van der Waals surface area contributed by atoms with Crippen LogP contribution in [0.5, 0.6) is 0 Å². The molecular weight excluding hydrogens is 256 g/mol. The van der Waals surface area contributed by atoms with E-state index in [2.05, 4.69) is 22.0 Å². The lowest BCUT2D eigenvalue weighted by Gasteiger charge is -2.37. The Kier molecular flexibility index (Phi) is 4.99. The molecule has 1 unspecified atom stereocenters. The molecule has 114 valence electrons. The lowest BCUT2D eigenvalue weighted by Crippen LogP contribution is -2.47. The summed E-state index contributed by atoms with van der Waals surface area (Å²) < 4.78 is 10.8. The molecule has 2 rings (SSSR count). The first-order valence-corrected chi connectivity index (χ1v) is 7.35. The molecule has 1 saturated heterocycles. The standard InChI is InChI=1S/C14H26N4O2/c1-5-7-14(11-19-4)8-6-9-18(14)10-12-15-13(16-20-12)17(2)3/h5-11H2,1-4H3. The largest absolute Gasteiger partial charge is 0.383 e. The number of aromatic nitrogens is 2. The predicted octanol–water partition coefficient (Wildman–Crippen LogP) is 1.92. The van der Waals surface area contributed by atoms with Gasteiger partial charge >= 0.3 is 0 Å². The van der Waals surface area contributed by atoms with E-state index in [9.17, 15) is 0 Å². The first-order valence-electron chi connectivity index (χ1n) is 7.35. The molecule has 1 atom stereocenters. The molecule has 0 radical (unpaired) electrons. The molecule has 1 aromatic heterocycles. The minimum Gasteiger partial charge on any atom is -0.383 e. The first-order chi connectivity index (χ1) is 9.61. The van der Waals surface area contributed by atoms with Gasteiger partial charge < -0.3 is 14.2 Å². The van der Waals surface area contributed by atoms with E-state index in [-0.39, 0.29) is 5.54 Å². The van der Waals surface area contributed by atoms with Gasteiger partial charge in [0.1, 0.15) is 0 Å². The second kappa shape index (κ2) is 6.54. The maximum Gasteiger partial charge on any atom is 0.265 e. The van der Waals surface area contributed by atoms with Gasteiger partial charge in [-0.05, 0) is 31.0 Å². The monoisotopic (exact) mass is 282 g/mol. The van der Waals surface area contributed by atoms with Crippen LogP contribution in [0.3, 0.4) is 0 Å². The van der Waals surface area contributed by atoms with E-state index in [4.69, 9.17) is 9.26 Å². The van der Waals surface area contributed by atoms with Crippen molar-refractivity contribution < 1.29 is 9.26 Å². The third-order valence-electron chi connectivity index (χ3n) is 4.05. The fourth-order valence-electron chi connectivity index (χ4n) is 3.15. The van der Waals surface area contributed by atoms with Gasteiger partial charge in [-0.2, -0.15) is 4.98 Å². The van der Waals surface area contributed by atoms with E-state index in [1.165, 1.54) is 12.8 Å². The van der Waals surface area contributed by atoms with Gasteiger partial charge in [0, 0.05) is 26.7 Å². The Morgan fingerprint density at radius 2 is 2.25 bits per heavy atom. The van der Waals surface area contributed by atoms with Crippen molar-refractivity contribution in [1.82, 2.24) is 15.0 Å². The van der Waals surface area contributed by atoms with Gasteiger partial charge in [0.15, 0.2) is 0 Å². The van der Waals surface area contributed by atoms with Crippen LogP contribution in [0.1, 0.15) is 38.5 Å². The zero-order valence-corrected chi connectivity index (χ0v) is 13.1. The molecule has 0 aromatic carbocycles. The number of nitrogens with zero attached hydrogens (tertiary/aromatic N) is 4. The fourth-order valence-corrected chi connectivity index (χ4v) is 3.15. The van der Waals surface area contributed by atoms with Crippen LogP contribution in [0.15, 0.2) is 4.52 Å². The summed E-state index contributed by atoms with van der Waals surface area (Å²) in [6.45, 7) is 4.79. The summed E-state index contributed by atoms with van der Waals surface area (Å²) in [5, 5.41) is 3.98. The highest BCUT2D eigenvalue weighted by molar-refractivity contribution is 5.23. The van der Waals surface area contributed by atoms with Crippen LogP contribution in [-0.4, -0.2) is 54.9 Å². The lowest BCUT2D eigenvalue weighted by molar-refractivity contribution is 0.0212. The number of rotatable bonds is 7. The summed E-state index contributed by atoms with van der Waals surface area (Å²) in [6.07, 6.45) is 4.70. The van der Waals surface area contributed by atoms with Crippen molar-refractivity contribution in [3.63, 3.8) is 0 Å². The van der Waals surface area contributed by atoms with Crippen molar-refractivity contribution in [2.75, 3.05) is 39.3 Å². The minimum absolute atomic E-state index is 0.135. The molecule has 6 heteroatoms. The molecule has 6 nitrogen and oxygen atoms in total. The van der Waals surface area contributed by atoms with Crippen molar-refractivity contribution in [2.45, 2.75) is 44.7 Å². The van der Waals surface area contributed by atoms with E-state index in [0.29, 0.717) is 18.4 Å². The molecular formula is C14H26N4O2. The molecule has 0 aliphatic carbocycles. The zero-order valence-electron chi connectivity index (χ0n) is 13.1. The summed E-state index contributed by atoms with van der Waals surface area (Å²) in [7, 11) is 5.61. The van der Waals surface area contributed by atoms with Gasteiger partial charge in [-0.1, -0.05) is 13.3 Å². The Labute approximate surface area is 121 Å². The van der Waals surface area contributed by atoms with E-state index < -0.39 is 0 Å². The van der Waals surface area contributed by atoms with Crippen molar-refractivity contribution in [1.29, 1.82) is 0 Å². The van der Waals surface area contributed by atoms with Gasteiger partial charge in [0.25, 0.3) is 5.95 Å². The highest BCUT2D eigenvalue weighted by Crippen LogP contribution is 2.35. The second-order valence-corrected chi connectivity index (χ2v) is 5.82. The van der Waals surface area contributed by atoms with E-state index in [0.717, 1.165) is 26.0 Å². The molecule has 1 aromatic rings. The summed E-state index contributed by atoms with van der Waals surface area (Å²) in [5.41, 5.74) is 0.135. The van der Waals surface area contributed by atoms with Crippen molar-refractivity contribution in [2.24, 2.45) is 0 Å². The Hall–Kier alpha value is -1.14. The normalized spacial score (nSPS) is 23.4. The highest BCUT2D eigenvalue weighted by atomic mass is 16.5. The number of anilines is 1. The third-order valence-corrected chi connectivity index (χ3v) is 4.05. The number of hydrogen-bond acceptors (Lipinski definition) is 6. The van der Waals surface area contributed by atoms with Crippen molar-refractivity contribution in [3.05, 3.63) is 5.89 Å². The molecule has 0 spiro atoms. The summed E-state index contributed by atoms with van der Waals surface area (Å²) in [4.78, 5) is 8.73. The number of hydrogen-bond donors (Lipinski definition) is 0. The van der Waals surface area contributed by atoms with Gasteiger partial charge in [0.2, 0.25) is 5.89 Å². The molecule has 0 saturated carbocycles. The molecule has 1 aliphatic heterocycles. The predicted molar refractivity (Wildman–Crippen MR) is 77.8 cm³/mol. The Balaban J connectivity index is 2.09. The van der Waals surface area contributed by atoms with Gasteiger partial charge in [-0.3, -0.25) is 4.90 Å². The van der Waals surface area contributed by atoms with Crippen LogP contribution in [0.2, 0.25) is 0 Å². The van der Waals surface area contributed by atoms with E-state index >= 15 is 0 Å². The molecule has 20 heavy (non-hydrogen) atoms. The van der Waals surface area contributed by atoms with Crippen LogP contribution in [-0.2, 0) is 11.3 Å². The van der Waals surface area contributed by atoms with Crippen molar-refractivity contribution >= 4 is 5.95 Å².